The van der Waals surface area contributed by atoms with Crippen LogP contribution in [-0.4, -0.2) is 23.9 Å². The summed E-state index contributed by atoms with van der Waals surface area (Å²) in [4.78, 5) is 14.3. The van der Waals surface area contributed by atoms with Gasteiger partial charge in [0.15, 0.2) is 0 Å². The van der Waals surface area contributed by atoms with Gasteiger partial charge in [0.25, 0.3) is 0 Å². The summed E-state index contributed by atoms with van der Waals surface area (Å²) in [6, 6.07) is 6.46. The molecular formula is C18H28N2O. The third-order valence-corrected chi connectivity index (χ3v) is 4.76. The highest BCUT2D eigenvalue weighted by Crippen LogP contribution is 2.31. The van der Waals surface area contributed by atoms with E-state index in [0.29, 0.717) is 12.5 Å². The first-order valence-electron chi connectivity index (χ1n) is 7.80. The van der Waals surface area contributed by atoms with Gasteiger partial charge in [-0.2, -0.15) is 0 Å². The van der Waals surface area contributed by atoms with E-state index in [9.17, 15) is 4.79 Å². The number of carbonyl (C=O) groups is 1. The van der Waals surface area contributed by atoms with Gasteiger partial charge in [0.2, 0.25) is 5.91 Å². The normalized spacial score (nSPS) is 21.0. The van der Waals surface area contributed by atoms with Crippen molar-refractivity contribution in [3.63, 3.8) is 0 Å². The second kappa shape index (κ2) is 5.80. The predicted molar refractivity (Wildman–Crippen MR) is 87.0 cm³/mol. The average Bonchev–Trinajstić information content (AvgIpc) is 2.73. The van der Waals surface area contributed by atoms with Crippen LogP contribution in [0.4, 0.5) is 0 Å². The second-order valence-electron chi connectivity index (χ2n) is 7.46. The summed E-state index contributed by atoms with van der Waals surface area (Å²) >= 11 is 0. The van der Waals surface area contributed by atoms with Gasteiger partial charge in [0.05, 0.1) is 6.54 Å². The SMILES string of the molecule is Cc1ccc(C)c(C2NCC(=O)N2CC(C)C(C)(C)C)c1. The Morgan fingerprint density at radius 2 is 2.00 bits per heavy atom. The maximum Gasteiger partial charge on any atom is 0.238 e. The molecule has 1 saturated heterocycles. The van der Waals surface area contributed by atoms with Crippen LogP contribution in [0.1, 0.15) is 50.6 Å². The highest BCUT2D eigenvalue weighted by Gasteiger charge is 2.35. The monoisotopic (exact) mass is 288 g/mol. The van der Waals surface area contributed by atoms with Crippen molar-refractivity contribution in [1.29, 1.82) is 0 Å². The molecule has 0 saturated carbocycles. The molecule has 2 atom stereocenters. The van der Waals surface area contributed by atoms with E-state index in [1.807, 2.05) is 4.90 Å². The summed E-state index contributed by atoms with van der Waals surface area (Å²) in [5, 5.41) is 3.37. The fourth-order valence-electron chi connectivity index (χ4n) is 2.65. The lowest BCUT2D eigenvalue weighted by Gasteiger charge is -2.34. The van der Waals surface area contributed by atoms with Crippen LogP contribution in [0.15, 0.2) is 18.2 Å². The van der Waals surface area contributed by atoms with Crippen LogP contribution >= 0.6 is 0 Å². The number of amides is 1. The number of nitrogens with one attached hydrogen (secondary N) is 1. The smallest absolute Gasteiger partial charge is 0.238 e. The van der Waals surface area contributed by atoms with Crippen molar-refractivity contribution in [2.24, 2.45) is 11.3 Å². The zero-order valence-electron chi connectivity index (χ0n) is 14.2. The molecule has 1 aliphatic rings. The Kier molecular flexibility index (Phi) is 4.43. The molecule has 3 heteroatoms. The molecule has 21 heavy (non-hydrogen) atoms. The minimum atomic E-state index is 0.0159. The highest BCUT2D eigenvalue weighted by molar-refractivity contribution is 5.81. The number of rotatable bonds is 3. The molecule has 1 amide bonds. The third-order valence-electron chi connectivity index (χ3n) is 4.76. The Labute approximate surface area is 128 Å². The maximum absolute atomic E-state index is 12.3. The van der Waals surface area contributed by atoms with E-state index in [1.165, 1.54) is 16.7 Å². The van der Waals surface area contributed by atoms with Crippen molar-refractivity contribution in [1.82, 2.24) is 10.2 Å². The van der Waals surface area contributed by atoms with E-state index in [4.69, 9.17) is 0 Å². The second-order valence-corrected chi connectivity index (χ2v) is 7.46. The Morgan fingerprint density at radius 1 is 1.33 bits per heavy atom. The first-order valence-corrected chi connectivity index (χ1v) is 7.80. The fraction of sp³-hybridized carbons (Fsp3) is 0.611. The first-order chi connectivity index (χ1) is 9.70. The number of benzene rings is 1. The third kappa shape index (κ3) is 3.46. The van der Waals surface area contributed by atoms with Gasteiger partial charge < -0.3 is 4.90 Å². The molecule has 2 rings (SSSR count). The molecule has 1 aliphatic heterocycles. The van der Waals surface area contributed by atoms with Crippen molar-refractivity contribution >= 4 is 5.91 Å². The number of aryl methyl sites for hydroxylation is 2. The van der Waals surface area contributed by atoms with E-state index >= 15 is 0 Å². The lowest BCUT2D eigenvalue weighted by molar-refractivity contribution is -0.129. The lowest BCUT2D eigenvalue weighted by atomic mass is 9.81. The summed E-state index contributed by atoms with van der Waals surface area (Å²) in [5.41, 5.74) is 3.90. The van der Waals surface area contributed by atoms with Gasteiger partial charge in [0.1, 0.15) is 6.17 Å². The Morgan fingerprint density at radius 3 is 2.62 bits per heavy atom. The quantitative estimate of drug-likeness (QED) is 0.924. The molecule has 1 aromatic carbocycles. The van der Waals surface area contributed by atoms with Crippen LogP contribution in [0.3, 0.4) is 0 Å². The summed E-state index contributed by atoms with van der Waals surface area (Å²) in [7, 11) is 0. The van der Waals surface area contributed by atoms with E-state index in [0.717, 1.165) is 6.54 Å². The number of nitrogens with zero attached hydrogens (tertiary/aromatic N) is 1. The average molecular weight is 288 g/mol. The molecule has 0 bridgehead atoms. The van der Waals surface area contributed by atoms with E-state index in [1.54, 1.807) is 0 Å². The summed E-state index contributed by atoms with van der Waals surface area (Å²) in [5.74, 6) is 0.658. The Balaban J connectivity index is 2.26. The van der Waals surface area contributed by atoms with Crippen LogP contribution in [-0.2, 0) is 4.79 Å². The van der Waals surface area contributed by atoms with Gasteiger partial charge in [0, 0.05) is 6.54 Å². The van der Waals surface area contributed by atoms with Crippen molar-refractivity contribution in [3.05, 3.63) is 34.9 Å². The standard InChI is InChI=1S/C18H28N2O/c1-12-7-8-13(2)15(9-12)17-19-10-16(21)20(17)11-14(3)18(4,5)6/h7-9,14,17,19H,10-11H2,1-6H3. The minimum absolute atomic E-state index is 0.0159. The van der Waals surface area contributed by atoms with E-state index in [-0.39, 0.29) is 17.5 Å². The van der Waals surface area contributed by atoms with Crippen molar-refractivity contribution in [2.45, 2.75) is 47.7 Å². The van der Waals surface area contributed by atoms with Crippen LogP contribution < -0.4 is 5.32 Å². The van der Waals surface area contributed by atoms with Crippen molar-refractivity contribution in [2.75, 3.05) is 13.1 Å². The topological polar surface area (TPSA) is 32.3 Å². The van der Waals surface area contributed by atoms with Crippen LogP contribution in [0, 0.1) is 25.2 Å². The zero-order chi connectivity index (χ0) is 15.8. The molecule has 1 N–H and O–H groups in total. The molecule has 1 heterocycles. The van der Waals surface area contributed by atoms with E-state index < -0.39 is 0 Å². The molecule has 1 aromatic rings. The molecule has 0 spiro atoms. The Hall–Kier alpha value is -1.35. The van der Waals surface area contributed by atoms with Gasteiger partial charge in [-0.15, -0.1) is 0 Å². The molecule has 2 unspecified atom stereocenters. The molecule has 3 nitrogen and oxygen atoms in total. The molecule has 116 valence electrons. The minimum Gasteiger partial charge on any atom is -0.322 e. The zero-order valence-corrected chi connectivity index (χ0v) is 14.2. The van der Waals surface area contributed by atoms with Gasteiger partial charge in [-0.25, -0.2) is 0 Å². The lowest BCUT2D eigenvalue weighted by Crippen LogP contribution is -2.38. The predicted octanol–water partition coefficient (Wildman–Crippen LogP) is 3.42. The largest absolute Gasteiger partial charge is 0.322 e. The van der Waals surface area contributed by atoms with Gasteiger partial charge in [-0.1, -0.05) is 51.5 Å². The highest BCUT2D eigenvalue weighted by atomic mass is 16.2. The molecule has 0 radical (unpaired) electrons. The number of hydrogen-bond acceptors (Lipinski definition) is 2. The summed E-state index contributed by atoms with van der Waals surface area (Å²) in [6.45, 7) is 14.4. The summed E-state index contributed by atoms with van der Waals surface area (Å²) in [6.07, 6.45) is 0.0159. The summed E-state index contributed by atoms with van der Waals surface area (Å²) < 4.78 is 0. The van der Waals surface area contributed by atoms with E-state index in [2.05, 4.69) is 65.1 Å². The fourth-order valence-corrected chi connectivity index (χ4v) is 2.65. The molecule has 0 aliphatic carbocycles. The van der Waals surface area contributed by atoms with Crippen LogP contribution in [0.5, 0.6) is 0 Å². The van der Waals surface area contributed by atoms with Crippen molar-refractivity contribution in [3.8, 4) is 0 Å². The van der Waals surface area contributed by atoms with Crippen LogP contribution in [0.25, 0.3) is 0 Å². The number of hydrogen-bond donors (Lipinski definition) is 1. The van der Waals surface area contributed by atoms with Gasteiger partial charge in [-0.3, -0.25) is 10.1 Å². The number of carbonyl (C=O) groups excluding carboxylic acids is 1. The molecule has 0 aromatic heterocycles. The molecular weight excluding hydrogens is 260 g/mol. The Bertz CT molecular complexity index is 531. The molecule has 1 fully saturated rings. The van der Waals surface area contributed by atoms with Crippen molar-refractivity contribution < 1.29 is 4.79 Å². The van der Waals surface area contributed by atoms with Gasteiger partial charge >= 0.3 is 0 Å². The van der Waals surface area contributed by atoms with Crippen LogP contribution in [0.2, 0.25) is 0 Å². The van der Waals surface area contributed by atoms with Gasteiger partial charge in [-0.05, 0) is 36.3 Å². The maximum atomic E-state index is 12.3. The first kappa shape index (κ1) is 16.0.